The van der Waals surface area contributed by atoms with Crippen LogP contribution < -0.4 is 0 Å². The third-order valence-electron chi connectivity index (χ3n) is 5.28. The van der Waals surface area contributed by atoms with Crippen molar-refractivity contribution in [2.75, 3.05) is 12.4 Å². The molecular weight excluding hydrogens is 468 g/mol. The Bertz CT molecular complexity index is 858. The summed E-state index contributed by atoms with van der Waals surface area (Å²) in [5.74, 6) is 0.907. The molecule has 0 aliphatic heterocycles. The largest absolute Gasteiger partial charge is 0.367 e. The SMILES string of the molecule is CC(C)(Br)C(O)OCCCSC(C1=CC=CC=CC1)(c1ccccc1)c1ccccc1. The van der Waals surface area contributed by atoms with Gasteiger partial charge in [-0.1, -0.05) is 107 Å². The fraction of sp³-hybridized carbons (Fsp3) is 0.333. The molecule has 1 aliphatic carbocycles. The Morgan fingerprint density at radius 3 is 2.16 bits per heavy atom. The highest BCUT2D eigenvalue weighted by Gasteiger charge is 2.38. The summed E-state index contributed by atoms with van der Waals surface area (Å²) in [5, 5.41) is 10.1. The standard InChI is InChI=1S/C27H31BrO2S/c1-26(2,28)25(29)30-20-13-21-31-27(23-16-9-5-10-17-23,24-18-11-6-12-19-24)22-14-7-3-4-8-15-22/h3-12,14,16-19,25,29H,13,15,20-21H2,1-2H3. The predicted octanol–water partition coefficient (Wildman–Crippen LogP) is 7.00. The summed E-state index contributed by atoms with van der Waals surface area (Å²) in [6, 6.07) is 21.5. The van der Waals surface area contributed by atoms with E-state index in [9.17, 15) is 5.11 Å². The first-order chi connectivity index (χ1) is 14.9. The zero-order valence-corrected chi connectivity index (χ0v) is 20.6. The smallest absolute Gasteiger partial charge is 0.169 e. The molecule has 0 fully saturated rings. The minimum atomic E-state index is -0.828. The van der Waals surface area contributed by atoms with E-state index in [1.165, 1.54) is 16.7 Å². The van der Waals surface area contributed by atoms with Crippen LogP contribution in [-0.4, -0.2) is 28.1 Å². The van der Waals surface area contributed by atoms with Crippen LogP contribution in [0, 0.1) is 0 Å². The van der Waals surface area contributed by atoms with Crippen LogP contribution in [0.5, 0.6) is 0 Å². The summed E-state index contributed by atoms with van der Waals surface area (Å²) in [7, 11) is 0. The molecule has 0 radical (unpaired) electrons. The fourth-order valence-corrected chi connectivity index (χ4v) is 5.30. The molecule has 31 heavy (non-hydrogen) atoms. The van der Waals surface area contributed by atoms with Gasteiger partial charge in [0.05, 0.1) is 15.7 Å². The maximum absolute atomic E-state index is 10.1. The Labute approximate surface area is 199 Å². The van der Waals surface area contributed by atoms with Crippen molar-refractivity contribution in [1.29, 1.82) is 0 Å². The van der Waals surface area contributed by atoms with E-state index in [0.717, 1.165) is 18.6 Å². The van der Waals surface area contributed by atoms with Crippen LogP contribution in [0.15, 0.2) is 96.6 Å². The van der Waals surface area contributed by atoms with Gasteiger partial charge in [0.1, 0.15) is 0 Å². The van der Waals surface area contributed by atoms with Crippen LogP contribution >= 0.6 is 27.7 Å². The topological polar surface area (TPSA) is 29.5 Å². The number of benzene rings is 2. The minimum absolute atomic E-state index is 0.283. The van der Waals surface area contributed by atoms with Gasteiger partial charge in [-0.3, -0.25) is 0 Å². The number of alkyl halides is 1. The van der Waals surface area contributed by atoms with Gasteiger partial charge in [-0.25, -0.2) is 0 Å². The van der Waals surface area contributed by atoms with Crippen LogP contribution in [0.1, 0.15) is 37.8 Å². The van der Waals surface area contributed by atoms with E-state index in [4.69, 9.17) is 4.74 Å². The van der Waals surface area contributed by atoms with Crippen molar-refractivity contribution < 1.29 is 9.84 Å². The van der Waals surface area contributed by atoms with Gasteiger partial charge in [-0.2, -0.15) is 0 Å². The first kappa shape index (κ1) is 24.1. The Hall–Kier alpha value is -1.59. The molecule has 1 N–H and O–H groups in total. The summed E-state index contributed by atoms with van der Waals surface area (Å²) in [4.78, 5) is 0. The number of halogens is 1. The molecule has 1 aliphatic rings. The minimum Gasteiger partial charge on any atom is -0.367 e. The van der Waals surface area contributed by atoms with Gasteiger partial charge < -0.3 is 9.84 Å². The molecule has 0 saturated heterocycles. The molecule has 164 valence electrons. The van der Waals surface area contributed by atoms with Crippen molar-refractivity contribution >= 4 is 27.7 Å². The van der Waals surface area contributed by atoms with Crippen molar-refractivity contribution in [1.82, 2.24) is 0 Å². The Morgan fingerprint density at radius 1 is 0.968 bits per heavy atom. The van der Waals surface area contributed by atoms with Gasteiger partial charge in [0.2, 0.25) is 0 Å². The van der Waals surface area contributed by atoms with Gasteiger partial charge in [-0.15, -0.1) is 11.8 Å². The summed E-state index contributed by atoms with van der Waals surface area (Å²) in [6.07, 6.45) is 11.8. The van der Waals surface area contributed by atoms with E-state index in [1.54, 1.807) is 0 Å². The van der Waals surface area contributed by atoms with Gasteiger partial charge in [-0.05, 0) is 49.1 Å². The number of aliphatic hydroxyl groups is 1. The van der Waals surface area contributed by atoms with Crippen molar-refractivity contribution in [2.24, 2.45) is 0 Å². The lowest BCUT2D eigenvalue weighted by atomic mass is 9.82. The fourth-order valence-electron chi connectivity index (χ4n) is 3.66. The summed E-state index contributed by atoms with van der Waals surface area (Å²) >= 11 is 5.41. The van der Waals surface area contributed by atoms with Gasteiger partial charge >= 0.3 is 0 Å². The van der Waals surface area contributed by atoms with E-state index in [2.05, 4.69) is 107 Å². The van der Waals surface area contributed by atoms with Gasteiger partial charge in [0.15, 0.2) is 6.29 Å². The predicted molar refractivity (Wildman–Crippen MR) is 137 cm³/mol. The molecule has 2 aromatic carbocycles. The van der Waals surface area contributed by atoms with E-state index in [-0.39, 0.29) is 4.75 Å². The van der Waals surface area contributed by atoms with E-state index in [1.807, 2.05) is 25.6 Å². The highest BCUT2D eigenvalue weighted by Crippen LogP contribution is 2.50. The van der Waals surface area contributed by atoms with Crippen molar-refractivity contribution in [2.45, 2.75) is 42.1 Å². The molecule has 0 saturated carbocycles. The third kappa shape index (κ3) is 6.23. The number of thioether (sulfide) groups is 1. The molecular formula is C27H31BrO2S. The Kier molecular flexibility index (Phi) is 8.79. The molecule has 0 aromatic heterocycles. The lowest BCUT2D eigenvalue weighted by Gasteiger charge is -2.37. The van der Waals surface area contributed by atoms with Crippen LogP contribution in [0.2, 0.25) is 0 Å². The second kappa shape index (κ2) is 11.3. The van der Waals surface area contributed by atoms with Crippen molar-refractivity contribution in [3.63, 3.8) is 0 Å². The molecule has 2 nitrogen and oxygen atoms in total. The average Bonchev–Trinajstić information content (AvgIpc) is 3.07. The average molecular weight is 500 g/mol. The van der Waals surface area contributed by atoms with Crippen LogP contribution in [0.4, 0.5) is 0 Å². The van der Waals surface area contributed by atoms with Crippen LogP contribution in [0.25, 0.3) is 0 Å². The zero-order chi connectivity index (χ0) is 22.2. The first-order valence-corrected chi connectivity index (χ1v) is 12.5. The molecule has 0 amide bonds. The van der Waals surface area contributed by atoms with Crippen molar-refractivity contribution in [3.8, 4) is 0 Å². The van der Waals surface area contributed by atoms with Crippen LogP contribution in [0.3, 0.4) is 0 Å². The van der Waals surface area contributed by atoms with Crippen LogP contribution in [-0.2, 0) is 9.48 Å². The lowest BCUT2D eigenvalue weighted by Crippen LogP contribution is -2.32. The monoisotopic (exact) mass is 498 g/mol. The van der Waals surface area contributed by atoms with E-state index >= 15 is 0 Å². The Morgan fingerprint density at radius 2 is 1.58 bits per heavy atom. The van der Waals surface area contributed by atoms with Gasteiger partial charge in [0.25, 0.3) is 0 Å². The molecule has 3 rings (SSSR count). The summed E-state index contributed by atoms with van der Waals surface area (Å²) < 4.78 is 4.92. The highest BCUT2D eigenvalue weighted by atomic mass is 79.9. The number of ether oxygens (including phenoxy) is 1. The Balaban J connectivity index is 1.89. The molecule has 4 heteroatoms. The summed E-state index contributed by atoms with van der Waals surface area (Å²) in [5.41, 5.74) is 3.93. The second-order valence-corrected chi connectivity index (χ2v) is 11.5. The third-order valence-corrected chi connectivity index (χ3v) is 7.33. The molecule has 0 heterocycles. The molecule has 0 spiro atoms. The van der Waals surface area contributed by atoms with Crippen molar-refractivity contribution in [3.05, 3.63) is 108 Å². The number of rotatable bonds is 10. The lowest BCUT2D eigenvalue weighted by molar-refractivity contribution is -0.113. The number of hydrogen-bond donors (Lipinski definition) is 1. The normalized spacial score (nSPS) is 15.4. The maximum Gasteiger partial charge on any atom is 0.169 e. The number of allylic oxidation sites excluding steroid dienone is 5. The second-order valence-electron chi connectivity index (χ2n) is 8.11. The molecule has 0 bridgehead atoms. The number of hydrogen-bond acceptors (Lipinski definition) is 3. The maximum atomic E-state index is 10.1. The summed E-state index contributed by atoms with van der Waals surface area (Å²) in [6.45, 7) is 4.32. The molecule has 2 aromatic rings. The molecule has 1 unspecified atom stereocenters. The zero-order valence-electron chi connectivity index (χ0n) is 18.2. The van der Waals surface area contributed by atoms with E-state index in [0.29, 0.717) is 6.61 Å². The molecule has 1 atom stereocenters. The first-order valence-electron chi connectivity index (χ1n) is 10.7. The number of aliphatic hydroxyl groups excluding tert-OH is 1. The van der Waals surface area contributed by atoms with E-state index < -0.39 is 10.6 Å². The quantitative estimate of drug-likeness (QED) is 0.217. The highest BCUT2D eigenvalue weighted by molar-refractivity contribution is 9.10. The van der Waals surface area contributed by atoms with Gasteiger partial charge in [0, 0.05) is 0 Å².